The summed E-state index contributed by atoms with van der Waals surface area (Å²) in [6, 6.07) is 5.28. The van der Waals surface area contributed by atoms with Crippen molar-refractivity contribution in [2.75, 3.05) is 13.7 Å². The number of carbonyl (C=O) groups excluding carboxylic acids is 1. The summed E-state index contributed by atoms with van der Waals surface area (Å²) in [4.78, 5) is 23.9. The van der Waals surface area contributed by atoms with E-state index in [-0.39, 0.29) is 5.91 Å². The highest BCUT2D eigenvalue weighted by Crippen LogP contribution is 2.19. The van der Waals surface area contributed by atoms with Gasteiger partial charge in [-0.05, 0) is 50.8 Å². The maximum Gasteiger partial charge on any atom is 0.326 e. The Morgan fingerprint density at radius 1 is 1.27 bits per heavy atom. The fraction of sp³-hybridized carbons (Fsp3) is 0.529. The molecule has 1 unspecified atom stereocenters. The van der Waals surface area contributed by atoms with Gasteiger partial charge < -0.3 is 14.7 Å². The van der Waals surface area contributed by atoms with E-state index < -0.39 is 12.0 Å². The highest BCUT2D eigenvalue weighted by atomic mass is 16.5. The first-order valence-electron chi connectivity index (χ1n) is 7.51. The lowest BCUT2D eigenvalue weighted by Crippen LogP contribution is -2.40. The Kier molecular flexibility index (Phi) is 6.89. The number of hydrogen-bond acceptors (Lipinski definition) is 3. The molecule has 1 atom stereocenters. The van der Waals surface area contributed by atoms with E-state index in [2.05, 4.69) is 0 Å². The van der Waals surface area contributed by atoms with Crippen molar-refractivity contribution in [3.05, 3.63) is 29.3 Å². The second-order valence-electron chi connectivity index (χ2n) is 5.59. The van der Waals surface area contributed by atoms with Crippen molar-refractivity contribution >= 4 is 11.9 Å². The number of likely N-dealkylation sites (N-methyl/N-ethyl adjacent to an activating group) is 1. The molecule has 0 spiro atoms. The van der Waals surface area contributed by atoms with Crippen LogP contribution in [0.1, 0.15) is 37.3 Å². The number of aryl methyl sites for hydroxylation is 2. The van der Waals surface area contributed by atoms with Crippen LogP contribution in [0.5, 0.6) is 5.75 Å². The van der Waals surface area contributed by atoms with Gasteiger partial charge in [0.2, 0.25) is 5.91 Å². The predicted molar refractivity (Wildman–Crippen MR) is 85.1 cm³/mol. The molecule has 0 aromatic heterocycles. The minimum atomic E-state index is -0.992. The average Bonchev–Trinajstić information content (AvgIpc) is 2.48. The van der Waals surface area contributed by atoms with Crippen molar-refractivity contribution in [3.63, 3.8) is 0 Å². The van der Waals surface area contributed by atoms with E-state index in [0.29, 0.717) is 19.4 Å². The highest BCUT2D eigenvalue weighted by Gasteiger charge is 2.20. The lowest BCUT2D eigenvalue weighted by atomic mass is 10.1. The fourth-order valence-corrected chi connectivity index (χ4v) is 1.98. The van der Waals surface area contributed by atoms with Gasteiger partial charge in [0.1, 0.15) is 11.8 Å². The number of aliphatic carboxylic acids is 1. The van der Waals surface area contributed by atoms with Crippen molar-refractivity contribution < 1.29 is 19.4 Å². The zero-order valence-corrected chi connectivity index (χ0v) is 13.8. The van der Waals surface area contributed by atoms with Gasteiger partial charge in [0, 0.05) is 13.5 Å². The van der Waals surface area contributed by atoms with Crippen LogP contribution in [0.4, 0.5) is 0 Å². The molecule has 122 valence electrons. The molecule has 1 rings (SSSR count). The van der Waals surface area contributed by atoms with Crippen molar-refractivity contribution in [3.8, 4) is 5.75 Å². The first-order chi connectivity index (χ1) is 10.3. The topological polar surface area (TPSA) is 66.8 Å². The van der Waals surface area contributed by atoms with Gasteiger partial charge in [0.15, 0.2) is 0 Å². The number of carbonyl (C=O) groups is 2. The molecule has 0 heterocycles. The molecule has 0 saturated heterocycles. The first-order valence-corrected chi connectivity index (χ1v) is 7.51. The van der Waals surface area contributed by atoms with Crippen LogP contribution < -0.4 is 4.74 Å². The third-order valence-corrected chi connectivity index (χ3v) is 3.72. The van der Waals surface area contributed by atoms with Gasteiger partial charge in [0.25, 0.3) is 0 Å². The molecule has 1 aromatic rings. The van der Waals surface area contributed by atoms with E-state index in [9.17, 15) is 9.59 Å². The van der Waals surface area contributed by atoms with Crippen LogP contribution in [0.2, 0.25) is 0 Å². The summed E-state index contributed by atoms with van der Waals surface area (Å²) in [7, 11) is 1.52. The molecule has 0 aliphatic heterocycles. The second-order valence-corrected chi connectivity index (χ2v) is 5.59. The van der Waals surface area contributed by atoms with Gasteiger partial charge in [-0.3, -0.25) is 4.79 Å². The molecule has 0 saturated carbocycles. The van der Waals surface area contributed by atoms with Gasteiger partial charge in [-0.25, -0.2) is 4.79 Å². The van der Waals surface area contributed by atoms with E-state index in [1.54, 1.807) is 0 Å². The molecule has 5 nitrogen and oxygen atoms in total. The van der Waals surface area contributed by atoms with Gasteiger partial charge in [-0.2, -0.15) is 0 Å². The molecule has 5 heteroatoms. The Balaban J connectivity index is 2.29. The monoisotopic (exact) mass is 307 g/mol. The SMILES string of the molecule is Cc1ccc(C)c(OCCCCC(=O)N(C)C(C)C(=O)O)c1. The van der Waals surface area contributed by atoms with Crippen molar-refractivity contribution in [2.45, 2.75) is 46.1 Å². The minimum Gasteiger partial charge on any atom is -0.493 e. The van der Waals surface area contributed by atoms with Crippen LogP contribution >= 0.6 is 0 Å². The van der Waals surface area contributed by atoms with Crippen LogP contribution in [0.3, 0.4) is 0 Å². The van der Waals surface area contributed by atoms with E-state index in [4.69, 9.17) is 9.84 Å². The van der Waals surface area contributed by atoms with Gasteiger partial charge in [-0.15, -0.1) is 0 Å². The van der Waals surface area contributed by atoms with Gasteiger partial charge >= 0.3 is 5.97 Å². The van der Waals surface area contributed by atoms with Gasteiger partial charge in [-0.1, -0.05) is 12.1 Å². The average molecular weight is 307 g/mol. The smallest absolute Gasteiger partial charge is 0.326 e. The Hall–Kier alpha value is -2.04. The number of carboxylic acids is 1. The van der Waals surface area contributed by atoms with E-state index in [1.807, 2.05) is 32.0 Å². The number of hydrogen-bond donors (Lipinski definition) is 1. The zero-order valence-electron chi connectivity index (χ0n) is 13.8. The first kappa shape index (κ1) is 18.0. The van der Waals surface area contributed by atoms with E-state index in [0.717, 1.165) is 23.3 Å². The molecule has 0 bridgehead atoms. The normalized spacial score (nSPS) is 11.8. The minimum absolute atomic E-state index is 0.151. The van der Waals surface area contributed by atoms with E-state index in [1.165, 1.54) is 18.9 Å². The number of benzene rings is 1. The highest BCUT2D eigenvalue weighted by molar-refractivity contribution is 5.83. The van der Waals surface area contributed by atoms with Crippen LogP contribution in [-0.2, 0) is 9.59 Å². The Morgan fingerprint density at radius 3 is 2.59 bits per heavy atom. The molecule has 0 radical (unpaired) electrons. The Morgan fingerprint density at radius 2 is 1.95 bits per heavy atom. The lowest BCUT2D eigenvalue weighted by Gasteiger charge is -2.21. The quantitative estimate of drug-likeness (QED) is 0.750. The number of nitrogens with zero attached hydrogens (tertiary/aromatic N) is 1. The zero-order chi connectivity index (χ0) is 16.7. The summed E-state index contributed by atoms with van der Waals surface area (Å²) >= 11 is 0. The molecular weight excluding hydrogens is 282 g/mol. The maximum absolute atomic E-state index is 11.8. The summed E-state index contributed by atoms with van der Waals surface area (Å²) in [6.07, 6.45) is 1.78. The van der Waals surface area contributed by atoms with Gasteiger partial charge in [0.05, 0.1) is 6.61 Å². The third-order valence-electron chi connectivity index (χ3n) is 3.72. The lowest BCUT2D eigenvalue weighted by molar-refractivity contribution is -0.148. The third kappa shape index (κ3) is 5.39. The molecule has 1 N–H and O–H groups in total. The Labute approximate surface area is 131 Å². The van der Waals surface area contributed by atoms with Crippen LogP contribution in [-0.4, -0.2) is 41.6 Å². The van der Waals surface area contributed by atoms with Crippen molar-refractivity contribution in [1.82, 2.24) is 4.90 Å². The standard InChI is InChI=1S/C17H25NO4/c1-12-8-9-13(2)15(11-12)22-10-6-5-7-16(19)18(4)14(3)17(20)21/h8-9,11,14H,5-7,10H2,1-4H3,(H,20,21). The predicted octanol–water partition coefficient (Wildman–Crippen LogP) is 2.78. The summed E-state index contributed by atoms with van der Waals surface area (Å²) in [5.74, 6) is -0.265. The number of amides is 1. The van der Waals surface area contributed by atoms with Crippen LogP contribution in [0, 0.1) is 13.8 Å². The number of ether oxygens (including phenoxy) is 1. The summed E-state index contributed by atoms with van der Waals surface area (Å²) in [5.41, 5.74) is 2.25. The number of carboxylic acid groups (broad SMARTS) is 1. The number of rotatable bonds is 8. The Bertz CT molecular complexity index is 527. The second kappa shape index (κ2) is 8.41. The molecule has 0 fully saturated rings. The molecule has 0 aliphatic rings. The van der Waals surface area contributed by atoms with Crippen molar-refractivity contribution in [2.24, 2.45) is 0 Å². The summed E-state index contributed by atoms with van der Waals surface area (Å²) in [5, 5.41) is 8.87. The molecule has 1 amide bonds. The summed E-state index contributed by atoms with van der Waals surface area (Å²) in [6.45, 7) is 6.07. The van der Waals surface area contributed by atoms with Crippen LogP contribution in [0.15, 0.2) is 18.2 Å². The molecule has 1 aromatic carbocycles. The largest absolute Gasteiger partial charge is 0.493 e. The fourth-order valence-electron chi connectivity index (χ4n) is 1.98. The van der Waals surface area contributed by atoms with Crippen molar-refractivity contribution in [1.29, 1.82) is 0 Å². The van der Waals surface area contributed by atoms with E-state index >= 15 is 0 Å². The maximum atomic E-state index is 11.8. The molecule has 22 heavy (non-hydrogen) atoms. The van der Waals surface area contributed by atoms with Crippen LogP contribution in [0.25, 0.3) is 0 Å². The summed E-state index contributed by atoms with van der Waals surface area (Å²) < 4.78 is 5.73. The molecule has 0 aliphatic carbocycles. The number of unbranched alkanes of at least 4 members (excludes halogenated alkanes) is 1. The molecular formula is C17H25NO4.